The molecule has 0 radical (unpaired) electrons. The number of H-pyrrole nitrogens is 1. The molecule has 0 saturated carbocycles. The molecule has 0 unspecified atom stereocenters. The first kappa shape index (κ1) is 18.4. The molecule has 0 bridgehead atoms. The summed E-state index contributed by atoms with van der Waals surface area (Å²) >= 11 is 2.90. The Hall–Kier alpha value is -2.92. The zero-order valence-electron chi connectivity index (χ0n) is 15.3. The number of halogens is 1. The summed E-state index contributed by atoms with van der Waals surface area (Å²) in [5, 5.41) is 16.4. The fraction of sp³-hybridized carbons (Fsp3) is 0.235. The molecule has 4 rings (SSSR count). The number of amides is 2. The van der Waals surface area contributed by atoms with Crippen LogP contribution in [-0.4, -0.2) is 50.4 Å². The number of carbonyl (C=O) groups is 1. The fourth-order valence-electron chi connectivity index (χ4n) is 2.62. The molecule has 144 valence electrons. The standard InChI is InChI=1S/C17H16FN7OS2/c1-8-15(28-13(20-8)6-19-17(26)25(2)3)12-7-27-16(21-12)9-4-10(18)14-11(5-9)22-24-23-14/h4-5,7H,6H2,1-3H3,(H,19,26)(H,22,23,24). The Morgan fingerprint density at radius 3 is 2.89 bits per heavy atom. The van der Waals surface area contributed by atoms with Crippen LogP contribution in [0.1, 0.15) is 10.7 Å². The van der Waals surface area contributed by atoms with Gasteiger partial charge in [0.25, 0.3) is 0 Å². The molecule has 0 saturated heterocycles. The van der Waals surface area contributed by atoms with E-state index in [1.807, 2.05) is 12.3 Å². The molecular formula is C17H16FN7OS2. The summed E-state index contributed by atoms with van der Waals surface area (Å²) in [7, 11) is 3.37. The molecule has 2 N–H and O–H groups in total. The van der Waals surface area contributed by atoms with Gasteiger partial charge in [0.15, 0.2) is 5.82 Å². The van der Waals surface area contributed by atoms with E-state index in [4.69, 9.17) is 0 Å². The third-order valence-corrected chi connectivity index (χ3v) is 6.07. The van der Waals surface area contributed by atoms with Gasteiger partial charge in [0, 0.05) is 25.0 Å². The lowest BCUT2D eigenvalue weighted by molar-refractivity contribution is 0.217. The normalized spacial score (nSPS) is 11.1. The van der Waals surface area contributed by atoms with Crippen molar-refractivity contribution in [3.8, 4) is 21.1 Å². The number of urea groups is 1. The molecule has 0 aliphatic rings. The van der Waals surface area contributed by atoms with Crippen LogP contribution in [0.25, 0.3) is 32.2 Å². The van der Waals surface area contributed by atoms with Crippen molar-refractivity contribution in [3.63, 3.8) is 0 Å². The Labute approximate surface area is 167 Å². The van der Waals surface area contributed by atoms with Gasteiger partial charge in [0.1, 0.15) is 21.0 Å². The van der Waals surface area contributed by atoms with Crippen molar-refractivity contribution in [2.24, 2.45) is 0 Å². The summed E-state index contributed by atoms with van der Waals surface area (Å²) in [6.07, 6.45) is 0. The second kappa shape index (κ2) is 7.24. The lowest BCUT2D eigenvalue weighted by Crippen LogP contribution is -2.33. The van der Waals surface area contributed by atoms with Crippen LogP contribution in [0.4, 0.5) is 9.18 Å². The van der Waals surface area contributed by atoms with Gasteiger partial charge in [0.05, 0.1) is 22.8 Å². The Morgan fingerprint density at radius 1 is 1.29 bits per heavy atom. The van der Waals surface area contributed by atoms with E-state index in [0.29, 0.717) is 22.6 Å². The van der Waals surface area contributed by atoms with Crippen molar-refractivity contribution in [2.45, 2.75) is 13.5 Å². The van der Waals surface area contributed by atoms with Gasteiger partial charge >= 0.3 is 6.03 Å². The Bertz CT molecular complexity index is 1160. The number of nitrogens with zero attached hydrogens (tertiary/aromatic N) is 5. The predicted octanol–water partition coefficient (Wildman–Crippen LogP) is 3.42. The first-order valence-electron chi connectivity index (χ1n) is 8.30. The molecule has 2 amide bonds. The number of thiazole rings is 2. The third kappa shape index (κ3) is 3.45. The van der Waals surface area contributed by atoms with E-state index >= 15 is 0 Å². The van der Waals surface area contributed by atoms with Crippen LogP contribution in [0.3, 0.4) is 0 Å². The van der Waals surface area contributed by atoms with E-state index in [0.717, 1.165) is 21.3 Å². The Balaban J connectivity index is 1.59. The number of aromatic amines is 1. The number of aromatic nitrogens is 5. The van der Waals surface area contributed by atoms with Crippen LogP contribution in [0.15, 0.2) is 17.5 Å². The van der Waals surface area contributed by atoms with Crippen molar-refractivity contribution in [2.75, 3.05) is 14.1 Å². The molecule has 0 fully saturated rings. The van der Waals surface area contributed by atoms with Gasteiger partial charge < -0.3 is 10.2 Å². The van der Waals surface area contributed by atoms with Crippen molar-refractivity contribution in [3.05, 3.63) is 34.0 Å². The largest absolute Gasteiger partial charge is 0.331 e. The number of rotatable bonds is 4. The maximum Gasteiger partial charge on any atom is 0.317 e. The lowest BCUT2D eigenvalue weighted by Gasteiger charge is -2.10. The quantitative estimate of drug-likeness (QED) is 0.530. The van der Waals surface area contributed by atoms with Crippen molar-refractivity contribution >= 4 is 39.7 Å². The number of hydrogen-bond acceptors (Lipinski definition) is 7. The van der Waals surface area contributed by atoms with Gasteiger partial charge in [-0.3, -0.25) is 0 Å². The van der Waals surface area contributed by atoms with Gasteiger partial charge in [-0.05, 0) is 19.1 Å². The van der Waals surface area contributed by atoms with E-state index < -0.39 is 5.82 Å². The van der Waals surface area contributed by atoms with Gasteiger partial charge in [0.2, 0.25) is 0 Å². The van der Waals surface area contributed by atoms with Gasteiger partial charge in [-0.25, -0.2) is 19.2 Å². The first-order valence-corrected chi connectivity index (χ1v) is 9.99. The van der Waals surface area contributed by atoms with E-state index in [9.17, 15) is 9.18 Å². The van der Waals surface area contributed by atoms with E-state index in [2.05, 4.69) is 30.7 Å². The van der Waals surface area contributed by atoms with Crippen LogP contribution in [0.2, 0.25) is 0 Å². The minimum Gasteiger partial charge on any atom is -0.331 e. The zero-order chi connectivity index (χ0) is 19.8. The predicted molar refractivity (Wildman–Crippen MR) is 107 cm³/mol. The second-order valence-corrected chi connectivity index (χ2v) is 8.20. The van der Waals surface area contributed by atoms with Crippen LogP contribution in [0.5, 0.6) is 0 Å². The summed E-state index contributed by atoms with van der Waals surface area (Å²) in [5.74, 6) is -0.439. The van der Waals surface area contributed by atoms with E-state index in [1.54, 1.807) is 20.2 Å². The van der Waals surface area contributed by atoms with Crippen LogP contribution < -0.4 is 5.32 Å². The molecule has 0 atom stereocenters. The molecule has 8 nitrogen and oxygen atoms in total. The molecular weight excluding hydrogens is 401 g/mol. The first-order chi connectivity index (χ1) is 13.4. The van der Waals surface area contributed by atoms with E-state index in [1.165, 1.54) is 33.6 Å². The SMILES string of the molecule is Cc1nc(CNC(=O)N(C)C)sc1-c1csc(-c2cc(F)c3n[nH]nc3c2)n1. The minimum absolute atomic E-state index is 0.171. The van der Waals surface area contributed by atoms with Crippen LogP contribution >= 0.6 is 22.7 Å². The highest BCUT2D eigenvalue weighted by Gasteiger charge is 2.16. The van der Waals surface area contributed by atoms with E-state index in [-0.39, 0.29) is 11.5 Å². The Kier molecular flexibility index (Phi) is 4.77. The molecule has 4 aromatic rings. The molecule has 3 heterocycles. The lowest BCUT2D eigenvalue weighted by atomic mass is 10.2. The monoisotopic (exact) mass is 417 g/mol. The summed E-state index contributed by atoms with van der Waals surface area (Å²) in [6, 6.07) is 3.00. The third-order valence-electron chi connectivity index (χ3n) is 4.00. The number of aryl methyl sites for hydroxylation is 1. The van der Waals surface area contributed by atoms with Crippen molar-refractivity contribution in [1.82, 2.24) is 35.6 Å². The number of fused-ring (bicyclic) bond motifs is 1. The maximum absolute atomic E-state index is 14.2. The molecule has 0 spiro atoms. The number of nitrogens with one attached hydrogen (secondary N) is 2. The molecule has 0 aliphatic carbocycles. The maximum atomic E-state index is 14.2. The summed E-state index contributed by atoms with van der Waals surface area (Å²) < 4.78 is 14.2. The van der Waals surface area contributed by atoms with Crippen LogP contribution in [-0.2, 0) is 6.54 Å². The smallest absolute Gasteiger partial charge is 0.317 e. The number of carbonyl (C=O) groups excluding carboxylic acids is 1. The average Bonchev–Trinajstić information content (AvgIpc) is 3.38. The zero-order valence-corrected chi connectivity index (χ0v) is 16.9. The van der Waals surface area contributed by atoms with Gasteiger partial charge in [-0.2, -0.15) is 15.4 Å². The topological polar surface area (TPSA) is 99.7 Å². The Morgan fingerprint density at radius 2 is 2.11 bits per heavy atom. The highest BCUT2D eigenvalue weighted by molar-refractivity contribution is 7.16. The van der Waals surface area contributed by atoms with Gasteiger partial charge in [-0.1, -0.05) is 0 Å². The summed E-state index contributed by atoms with van der Waals surface area (Å²) in [5.41, 5.74) is 2.94. The number of hydrogen-bond donors (Lipinski definition) is 2. The van der Waals surface area contributed by atoms with Gasteiger partial charge in [-0.15, -0.1) is 22.7 Å². The number of benzene rings is 1. The van der Waals surface area contributed by atoms with Crippen LogP contribution in [0, 0.1) is 12.7 Å². The minimum atomic E-state index is -0.439. The van der Waals surface area contributed by atoms with Crippen molar-refractivity contribution in [1.29, 1.82) is 0 Å². The highest BCUT2D eigenvalue weighted by Crippen LogP contribution is 2.35. The second-order valence-electron chi connectivity index (χ2n) is 6.26. The highest BCUT2D eigenvalue weighted by atomic mass is 32.1. The molecule has 3 aromatic heterocycles. The molecule has 0 aliphatic heterocycles. The average molecular weight is 417 g/mol. The molecule has 11 heteroatoms. The fourth-order valence-corrected chi connectivity index (χ4v) is 4.46. The summed E-state index contributed by atoms with van der Waals surface area (Å²) in [6.45, 7) is 2.26. The molecule has 28 heavy (non-hydrogen) atoms. The summed E-state index contributed by atoms with van der Waals surface area (Å²) in [4.78, 5) is 23.2. The molecule has 1 aromatic carbocycles. The van der Waals surface area contributed by atoms with Crippen molar-refractivity contribution < 1.29 is 9.18 Å².